The van der Waals surface area contributed by atoms with Crippen molar-refractivity contribution in [3.8, 4) is 11.1 Å². The predicted octanol–water partition coefficient (Wildman–Crippen LogP) is 5.08. The van der Waals surface area contributed by atoms with E-state index in [-0.39, 0.29) is 0 Å². The van der Waals surface area contributed by atoms with E-state index in [2.05, 4.69) is 72.8 Å². The Balaban J connectivity index is 2.18. The number of aromatic nitrogens is 2. The minimum atomic E-state index is 1.02. The number of imidazole rings is 1. The quantitative estimate of drug-likeness (QED) is 0.477. The van der Waals surface area contributed by atoms with Gasteiger partial charge in [0.15, 0.2) is 0 Å². The van der Waals surface area contributed by atoms with Gasteiger partial charge in [0.2, 0.25) is 0 Å². The molecule has 0 bridgehead atoms. The molecule has 0 fully saturated rings. The molecule has 2 heteroatoms. The van der Waals surface area contributed by atoms with Crippen LogP contribution >= 0.6 is 0 Å². The van der Waals surface area contributed by atoms with E-state index in [1.165, 1.54) is 38.6 Å². The molecule has 2 aromatic carbocycles. The Morgan fingerprint density at radius 3 is 2.32 bits per heavy atom. The first-order valence-electron chi connectivity index (χ1n) is 7.58. The summed E-state index contributed by atoms with van der Waals surface area (Å²) in [6, 6.07) is 13.0. The SMILES string of the molecule is Cc1cc(C)c(-c2cn3ccnc3c3ccccc23)c(C)c1. The van der Waals surface area contributed by atoms with Crippen molar-refractivity contribution < 1.29 is 0 Å². The van der Waals surface area contributed by atoms with Gasteiger partial charge in [0.1, 0.15) is 5.65 Å². The summed E-state index contributed by atoms with van der Waals surface area (Å²) in [4.78, 5) is 4.50. The smallest absolute Gasteiger partial charge is 0.144 e. The second kappa shape index (κ2) is 4.70. The number of rotatable bonds is 1. The molecule has 0 saturated heterocycles. The maximum absolute atomic E-state index is 4.50. The van der Waals surface area contributed by atoms with E-state index in [0.717, 1.165) is 5.65 Å². The first kappa shape index (κ1) is 13.1. The maximum Gasteiger partial charge on any atom is 0.144 e. The zero-order valence-electron chi connectivity index (χ0n) is 13.1. The van der Waals surface area contributed by atoms with Gasteiger partial charge in [-0.2, -0.15) is 0 Å². The molecule has 0 N–H and O–H groups in total. The third-order valence-corrected chi connectivity index (χ3v) is 4.34. The monoisotopic (exact) mass is 286 g/mol. The minimum absolute atomic E-state index is 1.02. The second-order valence-corrected chi connectivity index (χ2v) is 6.02. The van der Waals surface area contributed by atoms with Gasteiger partial charge in [-0.3, -0.25) is 0 Å². The van der Waals surface area contributed by atoms with E-state index < -0.39 is 0 Å². The highest BCUT2D eigenvalue weighted by atomic mass is 15.0. The Hall–Kier alpha value is -2.61. The Morgan fingerprint density at radius 2 is 1.59 bits per heavy atom. The normalized spacial score (nSPS) is 11.4. The van der Waals surface area contributed by atoms with Crippen molar-refractivity contribution in [3.63, 3.8) is 0 Å². The molecular formula is C20H18N2. The number of aryl methyl sites for hydroxylation is 3. The largest absolute Gasteiger partial charge is 0.306 e. The van der Waals surface area contributed by atoms with Crippen molar-refractivity contribution >= 4 is 16.4 Å². The maximum atomic E-state index is 4.50. The number of pyridine rings is 1. The molecule has 0 spiro atoms. The fourth-order valence-electron chi connectivity index (χ4n) is 3.55. The molecular weight excluding hydrogens is 268 g/mol. The van der Waals surface area contributed by atoms with Crippen molar-refractivity contribution in [2.75, 3.05) is 0 Å². The van der Waals surface area contributed by atoms with Gasteiger partial charge < -0.3 is 4.40 Å². The summed E-state index contributed by atoms with van der Waals surface area (Å²) in [6.07, 6.45) is 6.08. The van der Waals surface area contributed by atoms with Gasteiger partial charge in [-0.05, 0) is 42.8 Å². The van der Waals surface area contributed by atoms with E-state index in [4.69, 9.17) is 0 Å². The van der Waals surface area contributed by atoms with Crippen molar-refractivity contribution in [1.82, 2.24) is 9.38 Å². The summed E-state index contributed by atoms with van der Waals surface area (Å²) >= 11 is 0. The molecule has 0 radical (unpaired) electrons. The lowest BCUT2D eigenvalue weighted by atomic mass is 9.92. The van der Waals surface area contributed by atoms with Gasteiger partial charge >= 0.3 is 0 Å². The molecule has 0 unspecified atom stereocenters. The molecule has 0 aliphatic carbocycles. The third kappa shape index (κ3) is 1.84. The van der Waals surface area contributed by atoms with Crippen LogP contribution in [0.4, 0.5) is 0 Å². The zero-order chi connectivity index (χ0) is 15.3. The topological polar surface area (TPSA) is 17.3 Å². The Morgan fingerprint density at radius 1 is 0.909 bits per heavy atom. The van der Waals surface area contributed by atoms with E-state index >= 15 is 0 Å². The van der Waals surface area contributed by atoms with Crippen LogP contribution in [-0.4, -0.2) is 9.38 Å². The Kier molecular flexibility index (Phi) is 2.80. The highest BCUT2D eigenvalue weighted by molar-refractivity contribution is 6.04. The lowest BCUT2D eigenvalue weighted by Gasteiger charge is -2.15. The zero-order valence-corrected chi connectivity index (χ0v) is 13.1. The molecule has 0 aliphatic heterocycles. The van der Waals surface area contributed by atoms with Crippen LogP contribution in [0.25, 0.3) is 27.5 Å². The van der Waals surface area contributed by atoms with Gasteiger partial charge in [-0.25, -0.2) is 4.98 Å². The van der Waals surface area contributed by atoms with Gasteiger partial charge in [-0.1, -0.05) is 42.0 Å². The van der Waals surface area contributed by atoms with E-state index in [1.54, 1.807) is 0 Å². The van der Waals surface area contributed by atoms with Crippen LogP contribution in [-0.2, 0) is 0 Å². The van der Waals surface area contributed by atoms with Crippen LogP contribution in [0.15, 0.2) is 55.0 Å². The molecule has 0 atom stereocenters. The summed E-state index contributed by atoms with van der Waals surface area (Å²) in [5.74, 6) is 0. The van der Waals surface area contributed by atoms with E-state index in [1.807, 2.05) is 12.4 Å². The Labute approximate surface area is 130 Å². The van der Waals surface area contributed by atoms with Crippen LogP contribution < -0.4 is 0 Å². The second-order valence-electron chi connectivity index (χ2n) is 6.02. The van der Waals surface area contributed by atoms with Crippen molar-refractivity contribution in [2.45, 2.75) is 20.8 Å². The summed E-state index contributed by atoms with van der Waals surface area (Å²) in [5, 5.41) is 2.46. The first-order chi connectivity index (χ1) is 10.6. The molecule has 4 aromatic rings. The number of hydrogen-bond donors (Lipinski definition) is 0. The fraction of sp³-hybridized carbons (Fsp3) is 0.150. The third-order valence-electron chi connectivity index (χ3n) is 4.34. The van der Waals surface area contributed by atoms with E-state index in [9.17, 15) is 0 Å². The van der Waals surface area contributed by atoms with Crippen LogP contribution in [0.3, 0.4) is 0 Å². The number of fused-ring (bicyclic) bond motifs is 3. The van der Waals surface area contributed by atoms with Crippen molar-refractivity contribution in [2.24, 2.45) is 0 Å². The first-order valence-corrected chi connectivity index (χ1v) is 7.58. The lowest BCUT2D eigenvalue weighted by Crippen LogP contribution is -1.95. The molecule has 0 aliphatic rings. The average Bonchev–Trinajstić information content (AvgIpc) is 2.95. The van der Waals surface area contributed by atoms with Crippen LogP contribution in [0.5, 0.6) is 0 Å². The highest BCUT2D eigenvalue weighted by Gasteiger charge is 2.13. The average molecular weight is 286 g/mol. The van der Waals surface area contributed by atoms with Crippen LogP contribution in [0.2, 0.25) is 0 Å². The van der Waals surface area contributed by atoms with Gasteiger partial charge in [0, 0.05) is 29.5 Å². The standard InChI is InChI=1S/C20H18N2/c1-13-10-14(2)19(15(3)11-13)18-12-22-9-8-21-20(22)17-7-5-4-6-16(17)18/h4-12H,1-3H3. The number of hydrogen-bond acceptors (Lipinski definition) is 1. The summed E-state index contributed by atoms with van der Waals surface area (Å²) in [5.41, 5.74) is 7.58. The molecule has 0 saturated carbocycles. The molecule has 4 rings (SSSR count). The summed E-state index contributed by atoms with van der Waals surface area (Å²) in [6.45, 7) is 6.55. The van der Waals surface area contributed by atoms with Crippen molar-refractivity contribution in [1.29, 1.82) is 0 Å². The lowest BCUT2D eigenvalue weighted by molar-refractivity contribution is 1.20. The van der Waals surface area contributed by atoms with Gasteiger partial charge in [0.25, 0.3) is 0 Å². The van der Waals surface area contributed by atoms with Gasteiger partial charge in [0.05, 0.1) is 0 Å². The molecule has 2 aromatic heterocycles. The molecule has 0 amide bonds. The van der Waals surface area contributed by atoms with E-state index in [0.29, 0.717) is 0 Å². The summed E-state index contributed by atoms with van der Waals surface area (Å²) < 4.78 is 2.12. The molecule has 2 nitrogen and oxygen atoms in total. The van der Waals surface area contributed by atoms with Crippen LogP contribution in [0, 0.1) is 20.8 Å². The minimum Gasteiger partial charge on any atom is -0.306 e. The van der Waals surface area contributed by atoms with Gasteiger partial charge in [-0.15, -0.1) is 0 Å². The van der Waals surface area contributed by atoms with Crippen molar-refractivity contribution in [3.05, 3.63) is 71.7 Å². The van der Waals surface area contributed by atoms with Crippen LogP contribution in [0.1, 0.15) is 16.7 Å². The highest BCUT2D eigenvalue weighted by Crippen LogP contribution is 2.35. The molecule has 108 valence electrons. The fourth-order valence-corrected chi connectivity index (χ4v) is 3.55. The predicted molar refractivity (Wildman–Crippen MR) is 92.3 cm³/mol. The number of nitrogens with zero attached hydrogens (tertiary/aromatic N) is 2. The number of benzene rings is 2. The Bertz CT molecular complexity index is 986. The summed E-state index contributed by atoms with van der Waals surface area (Å²) in [7, 11) is 0. The molecule has 2 heterocycles. The molecule has 22 heavy (non-hydrogen) atoms.